The van der Waals surface area contributed by atoms with Crippen LogP contribution in [0.15, 0.2) is 78.2 Å². The lowest BCUT2D eigenvalue weighted by molar-refractivity contribution is -0.384. The van der Waals surface area contributed by atoms with Crippen molar-refractivity contribution >= 4 is 17.8 Å². The summed E-state index contributed by atoms with van der Waals surface area (Å²) in [5.74, 6) is 0.260. The third-order valence-corrected chi connectivity index (χ3v) is 3.71. The van der Waals surface area contributed by atoms with E-state index >= 15 is 0 Å². The van der Waals surface area contributed by atoms with Crippen LogP contribution in [-0.4, -0.2) is 22.0 Å². The summed E-state index contributed by atoms with van der Waals surface area (Å²) in [6, 6.07) is 16.7. The summed E-state index contributed by atoms with van der Waals surface area (Å²) in [6.07, 6.45) is 4.55. The highest BCUT2D eigenvalue weighted by Gasteiger charge is 2.05. The van der Waals surface area contributed by atoms with Crippen LogP contribution in [0.25, 0.3) is 0 Å². The number of hydrogen-bond donors (Lipinski definition) is 1. The van der Waals surface area contributed by atoms with Crippen molar-refractivity contribution in [3.8, 4) is 5.75 Å². The zero-order valence-electron chi connectivity index (χ0n) is 14.7. The summed E-state index contributed by atoms with van der Waals surface area (Å²) in [5.41, 5.74) is 4.44. The molecule has 3 aromatic rings. The van der Waals surface area contributed by atoms with Crippen molar-refractivity contribution in [2.75, 3.05) is 0 Å². The summed E-state index contributed by atoms with van der Waals surface area (Å²) in [5, 5.41) is 14.6. The normalized spacial score (nSPS) is 10.6. The molecule has 0 saturated heterocycles. The number of hydrazone groups is 1. The molecule has 1 N–H and O–H groups in total. The van der Waals surface area contributed by atoms with Gasteiger partial charge in [-0.15, -0.1) is 0 Å². The number of rotatable bonds is 7. The van der Waals surface area contributed by atoms with E-state index in [1.807, 2.05) is 6.07 Å². The van der Waals surface area contributed by atoms with E-state index in [9.17, 15) is 14.9 Å². The fraction of sp³-hybridized carbons (Fsp3) is 0.0500. The highest BCUT2D eigenvalue weighted by atomic mass is 16.6. The fourth-order valence-electron chi connectivity index (χ4n) is 2.29. The van der Waals surface area contributed by atoms with Gasteiger partial charge in [0.1, 0.15) is 12.4 Å². The summed E-state index contributed by atoms with van der Waals surface area (Å²) in [7, 11) is 0. The Bertz CT molecular complexity index is 989. The van der Waals surface area contributed by atoms with Gasteiger partial charge < -0.3 is 4.74 Å². The number of nitro groups is 1. The van der Waals surface area contributed by atoms with E-state index in [0.29, 0.717) is 11.3 Å². The van der Waals surface area contributed by atoms with Crippen LogP contribution in [0.2, 0.25) is 0 Å². The molecule has 0 fully saturated rings. The monoisotopic (exact) mass is 376 g/mol. The predicted octanol–water partition coefficient (Wildman–Crippen LogP) is 3.33. The van der Waals surface area contributed by atoms with Crippen LogP contribution in [0.1, 0.15) is 21.5 Å². The molecule has 0 bridgehead atoms. The van der Waals surface area contributed by atoms with Crippen molar-refractivity contribution in [2.24, 2.45) is 5.10 Å². The first kappa shape index (κ1) is 18.7. The molecule has 1 aromatic heterocycles. The van der Waals surface area contributed by atoms with E-state index in [-0.39, 0.29) is 18.2 Å². The Morgan fingerprint density at radius 3 is 2.71 bits per heavy atom. The lowest BCUT2D eigenvalue weighted by atomic mass is 10.2. The fourth-order valence-corrected chi connectivity index (χ4v) is 2.29. The second-order valence-corrected chi connectivity index (χ2v) is 5.73. The van der Waals surface area contributed by atoms with Gasteiger partial charge in [-0.25, -0.2) is 5.43 Å². The molecule has 28 heavy (non-hydrogen) atoms. The van der Waals surface area contributed by atoms with Crippen molar-refractivity contribution in [1.82, 2.24) is 10.4 Å². The minimum Gasteiger partial charge on any atom is -0.489 e. The maximum Gasteiger partial charge on any atom is 0.272 e. The second kappa shape index (κ2) is 9.04. The number of nitrogens with one attached hydrogen (secondary N) is 1. The average Bonchev–Trinajstić information content (AvgIpc) is 2.73. The molecular formula is C20H16N4O4. The largest absolute Gasteiger partial charge is 0.489 e. The first-order valence-corrected chi connectivity index (χ1v) is 8.31. The van der Waals surface area contributed by atoms with Gasteiger partial charge in [-0.05, 0) is 47.5 Å². The molecule has 0 aliphatic heterocycles. The number of amides is 1. The molecule has 2 aromatic carbocycles. The Morgan fingerprint density at radius 2 is 2.00 bits per heavy atom. The number of nitrogens with zero attached hydrogens (tertiary/aromatic N) is 3. The first-order chi connectivity index (χ1) is 13.6. The van der Waals surface area contributed by atoms with Crippen molar-refractivity contribution in [3.63, 3.8) is 0 Å². The van der Waals surface area contributed by atoms with Gasteiger partial charge in [-0.3, -0.25) is 19.9 Å². The van der Waals surface area contributed by atoms with E-state index in [1.54, 1.807) is 48.7 Å². The van der Waals surface area contributed by atoms with Gasteiger partial charge in [-0.2, -0.15) is 5.10 Å². The number of pyridine rings is 1. The highest BCUT2D eigenvalue weighted by Crippen LogP contribution is 2.16. The van der Waals surface area contributed by atoms with Gasteiger partial charge in [0.25, 0.3) is 11.6 Å². The molecule has 140 valence electrons. The molecule has 0 aliphatic rings. The van der Waals surface area contributed by atoms with Gasteiger partial charge in [-0.1, -0.05) is 12.1 Å². The summed E-state index contributed by atoms with van der Waals surface area (Å²) in [6.45, 7) is 0.274. The van der Waals surface area contributed by atoms with Crippen molar-refractivity contribution in [1.29, 1.82) is 0 Å². The van der Waals surface area contributed by atoms with Gasteiger partial charge in [0.2, 0.25) is 0 Å². The van der Waals surface area contributed by atoms with Crippen LogP contribution >= 0.6 is 0 Å². The maximum atomic E-state index is 11.9. The van der Waals surface area contributed by atoms with Gasteiger partial charge in [0.15, 0.2) is 0 Å². The molecular weight excluding hydrogens is 360 g/mol. The van der Waals surface area contributed by atoms with Crippen LogP contribution in [0, 0.1) is 10.1 Å². The molecule has 0 atom stereocenters. The Hall–Kier alpha value is -4.07. The number of hydrogen-bond acceptors (Lipinski definition) is 6. The van der Waals surface area contributed by atoms with Crippen LogP contribution in [0.4, 0.5) is 5.69 Å². The van der Waals surface area contributed by atoms with Crippen LogP contribution in [0.5, 0.6) is 5.75 Å². The SMILES string of the molecule is O=C(N/N=C/c1cccc(OCc2ccc([N+](=O)[O-])cc2)c1)c1cccnc1. The van der Waals surface area contributed by atoms with Gasteiger partial charge >= 0.3 is 0 Å². The topological polar surface area (TPSA) is 107 Å². The lowest BCUT2D eigenvalue weighted by Crippen LogP contribution is -2.17. The Balaban J connectivity index is 1.56. The number of benzene rings is 2. The molecule has 0 saturated carbocycles. The third kappa shape index (κ3) is 5.21. The predicted molar refractivity (Wildman–Crippen MR) is 103 cm³/mol. The molecule has 8 heteroatoms. The standard InChI is InChI=1S/C20H16N4O4/c25-20(17-4-2-10-21-13-17)23-22-12-16-3-1-5-19(11-16)28-14-15-6-8-18(9-7-15)24(26)27/h1-13H,14H2,(H,23,25)/b22-12+. The minimum atomic E-state index is -0.444. The van der Waals surface area contributed by atoms with Crippen LogP contribution in [0.3, 0.4) is 0 Å². The van der Waals surface area contributed by atoms with Crippen LogP contribution < -0.4 is 10.2 Å². The van der Waals surface area contributed by atoms with E-state index in [4.69, 9.17) is 4.74 Å². The van der Waals surface area contributed by atoms with E-state index in [2.05, 4.69) is 15.5 Å². The molecule has 1 heterocycles. The minimum absolute atomic E-state index is 0.0373. The summed E-state index contributed by atoms with van der Waals surface area (Å²) in [4.78, 5) is 26.0. The number of nitro benzene ring substituents is 1. The molecule has 0 aliphatic carbocycles. The zero-order valence-corrected chi connectivity index (χ0v) is 14.7. The molecule has 3 rings (SSSR count). The van der Waals surface area contributed by atoms with E-state index < -0.39 is 4.92 Å². The van der Waals surface area contributed by atoms with Gasteiger partial charge in [0, 0.05) is 24.5 Å². The molecule has 0 radical (unpaired) electrons. The van der Waals surface area contributed by atoms with E-state index in [1.165, 1.54) is 24.5 Å². The average molecular weight is 376 g/mol. The molecule has 0 unspecified atom stereocenters. The third-order valence-electron chi connectivity index (χ3n) is 3.71. The summed E-state index contributed by atoms with van der Waals surface area (Å²) >= 11 is 0. The number of aromatic nitrogens is 1. The quantitative estimate of drug-likeness (QED) is 0.387. The first-order valence-electron chi connectivity index (χ1n) is 8.31. The Labute approximate surface area is 160 Å². The number of carbonyl (C=O) groups is 1. The smallest absolute Gasteiger partial charge is 0.272 e. The number of non-ortho nitro benzene ring substituents is 1. The van der Waals surface area contributed by atoms with Crippen molar-refractivity contribution < 1.29 is 14.5 Å². The zero-order chi connectivity index (χ0) is 19.8. The highest BCUT2D eigenvalue weighted by molar-refractivity contribution is 5.94. The van der Waals surface area contributed by atoms with Crippen molar-refractivity contribution in [2.45, 2.75) is 6.61 Å². The summed E-state index contributed by atoms with van der Waals surface area (Å²) < 4.78 is 5.70. The molecule has 1 amide bonds. The Kier molecular flexibility index (Phi) is 6.04. The molecule has 8 nitrogen and oxygen atoms in total. The van der Waals surface area contributed by atoms with E-state index in [0.717, 1.165) is 11.1 Å². The second-order valence-electron chi connectivity index (χ2n) is 5.73. The Morgan fingerprint density at radius 1 is 1.18 bits per heavy atom. The number of ether oxygens (including phenoxy) is 1. The van der Waals surface area contributed by atoms with Crippen molar-refractivity contribution in [3.05, 3.63) is 99.9 Å². The van der Waals surface area contributed by atoms with Gasteiger partial charge in [0.05, 0.1) is 16.7 Å². The number of carbonyl (C=O) groups excluding carboxylic acids is 1. The molecule has 0 spiro atoms. The maximum absolute atomic E-state index is 11.9. The van der Waals surface area contributed by atoms with Crippen LogP contribution in [-0.2, 0) is 6.61 Å². The lowest BCUT2D eigenvalue weighted by Gasteiger charge is -2.07.